The molecule has 1 fully saturated rings. The predicted molar refractivity (Wildman–Crippen MR) is 73.2 cm³/mol. The fraction of sp³-hybridized carbons (Fsp3) is 0.923. The zero-order chi connectivity index (χ0) is 11.4. The van der Waals surface area contributed by atoms with Crippen LogP contribution in [-0.2, 0) is 0 Å². The van der Waals surface area contributed by atoms with E-state index < -0.39 is 0 Å². The van der Waals surface area contributed by atoms with Crippen molar-refractivity contribution in [3.63, 3.8) is 0 Å². The Kier molecular flexibility index (Phi) is 4.17. The molecule has 0 amide bonds. The van der Waals surface area contributed by atoms with Crippen molar-refractivity contribution in [1.82, 2.24) is 5.32 Å². The molecule has 0 unspecified atom stereocenters. The van der Waals surface area contributed by atoms with E-state index in [1.165, 1.54) is 49.4 Å². The molecule has 0 atom stereocenters. The van der Waals surface area contributed by atoms with Gasteiger partial charge in [-0.25, -0.2) is 0 Å². The van der Waals surface area contributed by atoms with Crippen molar-refractivity contribution in [2.24, 2.45) is 10.4 Å². The second-order valence-electron chi connectivity index (χ2n) is 5.91. The maximum atomic E-state index is 4.68. The molecule has 0 bridgehead atoms. The van der Waals surface area contributed by atoms with Gasteiger partial charge in [0.15, 0.2) is 5.17 Å². The molecule has 1 N–H and O–H groups in total. The Balaban J connectivity index is 1.83. The number of rotatable bonds is 1. The average molecular weight is 240 g/mol. The van der Waals surface area contributed by atoms with Crippen LogP contribution in [0.25, 0.3) is 0 Å². The normalized spacial score (nSPS) is 27.0. The summed E-state index contributed by atoms with van der Waals surface area (Å²) in [5, 5.41) is 4.85. The molecule has 2 rings (SSSR count). The van der Waals surface area contributed by atoms with E-state index in [2.05, 4.69) is 24.2 Å². The minimum Gasteiger partial charge on any atom is -0.362 e. The van der Waals surface area contributed by atoms with Crippen LogP contribution in [0.2, 0.25) is 0 Å². The van der Waals surface area contributed by atoms with Gasteiger partial charge >= 0.3 is 0 Å². The molecule has 1 heterocycles. The van der Waals surface area contributed by atoms with Crippen LogP contribution in [0.5, 0.6) is 0 Å². The van der Waals surface area contributed by atoms with Gasteiger partial charge in [-0.1, -0.05) is 51.3 Å². The van der Waals surface area contributed by atoms with Crippen LogP contribution < -0.4 is 5.32 Å². The second kappa shape index (κ2) is 5.44. The topological polar surface area (TPSA) is 24.4 Å². The Morgan fingerprint density at radius 1 is 1.19 bits per heavy atom. The Morgan fingerprint density at radius 3 is 2.44 bits per heavy atom. The summed E-state index contributed by atoms with van der Waals surface area (Å²) in [6.07, 6.45) is 8.30. The summed E-state index contributed by atoms with van der Waals surface area (Å²) < 4.78 is 0. The van der Waals surface area contributed by atoms with Crippen molar-refractivity contribution in [3.05, 3.63) is 0 Å². The highest BCUT2D eigenvalue weighted by Gasteiger charge is 2.24. The monoisotopic (exact) mass is 240 g/mol. The minimum atomic E-state index is 0.388. The van der Waals surface area contributed by atoms with Gasteiger partial charge in [-0.2, -0.15) is 0 Å². The number of aliphatic imine (C=N–C) groups is 1. The third-order valence-corrected chi connectivity index (χ3v) is 4.88. The molecule has 0 aromatic heterocycles. The summed E-state index contributed by atoms with van der Waals surface area (Å²) in [5.41, 5.74) is 0.388. The van der Waals surface area contributed by atoms with Gasteiger partial charge in [-0.05, 0) is 18.3 Å². The van der Waals surface area contributed by atoms with Crippen LogP contribution in [0.1, 0.15) is 52.4 Å². The molecule has 16 heavy (non-hydrogen) atoms. The first-order valence-corrected chi connectivity index (χ1v) is 7.58. The lowest BCUT2D eigenvalue weighted by Gasteiger charge is -2.29. The summed E-state index contributed by atoms with van der Waals surface area (Å²) >= 11 is 1.91. The summed E-state index contributed by atoms with van der Waals surface area (Å²) in [6, 6.07) is 0.690. The number of hydrogen-bond acceptors (Lipinski definition) is 3. The van der Waals surface area contributed by atoms with Gasteiger partial charge in [0.1, 0.15) is 0 Å². The molecule has 0 spiro atoms. The zero-order valence-electron chi connectivity index (χ0n) is 10.6. The number of nitrogens with one attached hydrogen (secondary N) is 1. The summed E-state index contributed by atoms with van der Waals surface area (Å²) in [6.45, 7) is 5.58. The highest BCUT2D eigenvalue weighted by Crippen LogP contribution is 2.28. The standard InChI is InChI=1S/C13H24N2S/c1-13(2)9-14-12(16-10-13)15-11-7-5-3-4-6-8-11/h11H,3-10H2,1-2H3,(H,14,15). The number of hydrogen-bond donors (Lipinski definition) is 1. The highest BCUT2D eigenvalue weighted by atomic mass is 32.2. The largest absolute Gasteiger partial charge is 0.362 e. The lowest BCUT2D eigenvalue weighted by atomic mass is 9.97. The predicted octanol–water partition coefficient (Wildman–Crippen LogP) is 3.43. The quantitative estimate of drug-likeness (QED) is 0.710. The van der Waals surface area contributed by atoms with E-state index in [0.717, 1.165) is 6.54 Å². The Bertz CT molecular complexity index is 253. The number of amidine groups is 1. The summed E-state index contributed by atoms with van der Waals surface area (Å²) in [7, 11) is 0. The molecule has 1 aliphatic heterocycles. The van der Waals surface area contributed by atoms with E-state index in [1.807, 2.05) is 11.8 Å². The SMILES string of the molecule is CC1(C)CN=C(NC2CCCCCC2)SC1. The van der Waals surface area contributed by atoms with Crippen LogP contribution in [0.4, 0.5) is 0 Å². The number of nitrogens with zero attached hydrogens (tertiary/aromatic N) is 1. The van der Waals surface area contributed by atoms with E-state index in [4.69, 9.17) is 0 Å². The van der Waals surface area contributed by atoms with E-state index >= 15 is 0 Å². The van der Waals surface area contributed by atoms with Gasteiger partial charge < -0.3 is 5.32 Å². The summed E-state index contributed by atoms with van der Waals surface area (Å²) in [4.78, 5) is 4.68. The van der Waals surface area contributed by atoms with Crippen molar-refractivity contribution >= 4 is 16.9 Å². The lowest BCUT2D eigenvalue weighted by molar-refractivity contribution is 0.434. The smallest absolute Gasteiger partial charge is 0.156 e. The van der Waals surface area contributed by atoms with E-state index in [1.54, 1.807) is 0 Å². The Hall–Kier alpha value is -0.180. The van der Waals surface area contributed by atoms with Crippen LogP contribution in [-0.4, -0.2) is 23.5 Å². The first-order chi connectivity index (χ1) is 7.66. The van der Waals surface area contributed by atoms with Gasteiger partial charge in [-0.3, -0.25) is 4.99 Å². The van der Waals surface area contributed by atoms with Gasteiger partial charge in [0.2, 0.25) is 0 Å². The fourth-order valence-corrected chi connectivity index (χ4v) is 3.35. The van der Waals surface area contributed by atoms with Gasteiger partial charge in [-0.15, -0.1) is 0 Å². The van der Waals surface area contributed by atoms with Crippen molar-refractivity contribution in [2.45, 2.75) is 58.4 Å². The van der Waals surface area contributed by atoms with Crippen LogP contribution in [0.3, 0.4) is 0 Å². The molecule has 3 heteroatoms. The van der Waals surface area contributed by atoms with Crippen molar-refractivity contribution in [1.29, 1.82) is 0 Å². The molecule has 0 aromatic rings. The van der Waals surface area contributed by atoms with E-state index in [-0.39, 0.29) is 0 Å². The molecule has 0 aromatic carbocycles. The molecule has 92 valence electrons. The fourth-order valence-electron chi connectivity index (χ4n) is 2.33. The van der Waals surface area contributed by atoms with Crippen LogP contribution >= 0.6 is 11.8 Å². The Labute approximate surface area is 104 Å². The van der Waals surface area contributed by atoms with E-state index in [0.29, 0.717) is 11.5 Å². The van der Waals surface area contributed by atoms with E-state index in [9.17, 15) is 0 Å². The average Bonchev–Trinajstić information content (AvgIpc) is 2.50. The maximum Gasteiger partial charge on any atom is 0.156 e. The molecule has 1 aliphatic carbocycles. The van der Waals surface area contributed by atoms with Gasteiger partial charge in [0.05, 0.1) is 0 Å². The third-order valence-electron chi connectivity index (χ3n) is 3.43. The lowest BCUT2D eigenvalue weighted by Crippen LogP contribution is -2.37. The highest BCUT2D eigenvalue weighted by molar-refractivity contribution is 8.13. The molecule has 1 saturated carbocycles. The maximum absolute atomic E-state index is 4.68. The molecular weight excluding hydrogens is 216 g/mol. The van der Waals surface area contributed by atoms with Gasteiger partial charge in [0.25, 0.3) is 0 Å². The molecule has 0 radical (unpaired) electrons. The van der Waals surface area contributed by atoms with Crippen LogP contribution in [0.15, 0.2) is 4.99 Å². The Morgan fingerprint density at radius 2 is 1.88 bits per heavy atom. The number of thioether (sulfide) groups is 1. The third kappa shape index (κ3) is 3.69. The minimum absolute atomic E-state index is 0.388. The molecule has 0 saturated heterocycles. The van der Waals surface area contributed by atoms with Crippen molar-refractivity contribution < 1.29 is 0 Å². The van der Waals surface area contributed by atoms with Crippen LogP contribution in [0, 0.1) is 5.41 Å². The van der Waals surface area contributed by atoms with Gasteiger partial charge in [0, 0.05) is 18.3 Å². The van der Waals surface area contributed by atoms with Crippen molar-refractivity contribution in [2.75, 3.05) is 12.3 Å². The van der Waals surface area contributed by atoms with Crippen molar-refractivity contribution in [3.8, 4) is 0 Å². The molecular formula is C13H24N2S. The summed E-state index contributed by atoms with van der Waals surface area (Å²) in [5.74, 6) is 1.20. The molecule has 2 nitrogen and oxygen atoms in total. The second-order valence-corrected chi connectivity index (χ2v) is 6.87. The zero-order valence-corrected chi connectivity index (χ0v) is 11.4. The molecule has 2 aliphatic rings. The first kappa shape index (κ1) is 12.3. The first-order valence-electron chi connectivity index (χ1n) is 6.59.